The third kappa shape index (κ3) is 2.19. The van der Waals surface area contributed by atoms with Crippen LogP contribution in [0.15, 0.2) is 42.9 Å². The van der Waals surface area contributed by atoms with Crippen molar-refractivity contribution in [1.29, 1.82) is 0 Å². The minimum absolute atomic E-state index is 0.195. The first-order valence-electron chi connectivity index (χ1n) is 4.85. The molecule has 2 aromatic rings. The standard InChI is InChI=1S/C12H13N3/c1-9-2-4-10(5-3-9)12(13)11-8-14-6-7-15-11/h2-8,12H,13H2,1H3/t12-/m0/s1. The van der Waals surface area contributed by atoms with Gasteiger partial charge in [0.1, 0.15) is 0 Å². The zero-order valence-corrected chi connectivity index (χ0v) is 8.59. The predicted octanol–water partition coefficient (Wildman–Crippen LogP) is 1.83. The van der Waals surface area contributed by atoms with Gasteiger partial charge < -0.3 is 5.73 Å². The maximum absolute atomic E-state index is 6.06. The fourth-order valence-electron chi connectivity index (χ4n) is 1.42. The van der Waals surface area contributed by atoms with Crippen molar-refractivity contribution in [2.75, 3.05) is 0 Å². The van der Waals surface area contributed by atoms with Crippen LogP contribution in [0, 0.1) is 6.92 Å². The third-order valence-corrected chi connectivity index (χ3v) is 2.34. The SMILES string of the molecule is Cc1ccc([C@H](N)c2cnccn2)cc1. The summed E-state index contributed by atoms with van der Waals surface area (Å²) in [5.41, 5.74) is 9.14. The van der Waals surface area contributed by atoms with Gasteiger partial charge in [-0.25, -0.2) is 0 Å². The number of nitrogens with two attached hydrogens (primary N) is 1. The molecule has 3 nitrogen and oxygen atoms in total. The lowest BCUT2D eigenvalue weighted by Gasteiger charge is -2.10. The molecule has 0 aliphatic rings. The first-order chi connectivity index (χ1) is 7.27. The van der Waals surface area contributed by atoms with E-state index in [0.717, 1.165) is 11.3 Å². The summed E-state index contributed by atoms with van der Waals surface area (Å²) in [5.74, 6) is 0. The maximum Gasteiger partial charge on any atom is 0.0799 e. The fourth-order valence-corrected chi connectivity index (χ4v) is 1.42. The molecule has 0 spiro atoms. The molecule has 0 amide bonds. The zero-order valence-electron chi connectivity index (χ0n) is 8.59. The van der Waals surface area contributed by atoms with E-state index in [1.807, 2.05) is 24.3 Å². The van der Waals surface area contributed by atoms with Gasteiger partial charge in [0.15, 0.2) is 0 Å². The second-order valence-corrected chi connectivity index (χ2v) is 3.52. The molecule has 0 saturated heterocycles. The highest BCUT2D eigenvalue weighted by atomic mass is 14.8. The van der Waals surface area contributed by atoms with Gasteiger partial charge in [-0.3, -0.25) is 9.97 Å². The average molecular weight is 199 g/mol. The summed E-state index contributed by atoms with van der Waals surface area (Å²) >= 11 is 0. The maximum atomic E-state index is 6.06. The molecule has 3 heteroatoms. The Labute approximate surface area is 89.0 Å². The molecule has 1 aromatic carbocycles. The highest BCUT2D eigenvalue weighted by Crippen LogP contribution is 2.16. The minimum Gasteiger partial charge on any atom is -0.319 e. The van der Waals surface area contributed by atoms with E-state index in [0.29, 0.717) is 0 Å². The number of hydrogen-bond acceptors (Lipinski definition) is 3. The zero-order chi connectivity index (χ0) is 10.7. The first kappa shape index (κ1) is 9.80. The van der Waals surface area contributed by atoms with Crippen LogP contribution in [0.5, 0.6) is 0 Å². The number of rotatable bonds is 2. The molecule has 15 heavy (non-hydrogen) atoms. The molecule has 1 atom stereocenters. The van der Waals surface area contributed by atoms with Gasteiger partial charge in [0, 0.05) is 12.4 Å². The summed E-state index contributed by atoms with van der Waals surface area (Å²) in [6.07, 6.45) is 5.00. The number of benzene rings is 1. The molecular formula is C12H13N3. The Morgan fingerprint density at radius 1 is 1.13 bits per heavy atom. The van der Waals surface area contributed by atoms with Crippen LogP contribution in [0.2, 0.25) is 0 Å². The van der Waals surface area contributed by atoms with E-state index < -0.39 is 0 Å². The molecule has 0 radical (unpaired) electrons. The van der Waals surface area contributed by atoms with Crippen LogP contribution in [0.25, 0.3) is 0 Å². The van der Waals surface area contributed by atoms with Crippen molar-refractivity contribution in [3.63, 3.8) is 0 Å². The Hall–Kier alpha value is -1.74. The van der Waals surface area contributed by atoms with E-state index in [-0.39, 0.29) is 6.04 Å². The summed E-state index contributed by atoms with van der Waals surface area (Å²) in [7, 11) is 0. The van der Waals surface area contributed by atoms with Gasteiger partial charge in [0.2, 0.25) is 0 Å². The highest BCUT2D eigenvalue weighted by Gasteiger charge is 2.09. The third-order valence-electron chi connectivity index (χ3n) is 2.34. The molecule has 0 saturated carbocycles. The molecule has 0 fully saturated rings. The molecule has 0 unspecified atom stereocenters. The largest absolute Gasteiger partial charge is 0.319 e. The minimum atomic E-state index is -0.195. The quantitative estimate of drug-likeness (QED) is 0.802. The monoisotopic (exact) mass is 199 g/mol. The number of aryl methyl sites for hydroxylation is 1. The van der Waals surface area contributed by atoms with Crippen LogP contribution in [0.3, 0.4) is 0 Å². The van der Waals surface area contributed by atoms with Gasteiger partial charge in [-0.05, 0) is 12.5 Å². The van der Waals surface area contributed by atoms with E-state index >= 15 is 0 Å². The van der Waals surface area contributed by atoms with Crippen LogP contribution in [0.1, 0.15) is 22.9 Å². The molecule has 1 heterocycles. The van der Waals surface area contributed by atoms with Crippen LogP contribution >= 0.6 is 0 Å². The first-order valence-corrected chi connectivity index (χ1v) is 4.85. The van der Waals surface area contributed by atoms with E-state index in [9.17, 15) is 0 Å². The van der Waals surface area contributed by atoms with E-state index in [2.05, 4.69) is 16.9 Å². The Morgan fingerprint density at radius 2 is 1.87 bits per heavy atom. The molecular weight excluding hydrogens is 186 g/mol. The van der Waals surface area contributed by atoms with Crippen molar-refractivity contribution in [3.05, 3.63) is 59.7 Å². The second-order valence-electron chi connectivity index (χ2n) is 3.52. The van der Waals surface area contributed by atoms with Gasteiger partial charge in [0.05, 0.1) is 17.9 Å². The molecule has 2 N–H and O–H groups in total. The Kier molecular flexibility index (Phi) is 2.74. The van der Waals surface area contributed by atoms with Crippen LogP contribution in [-0.2, 0) is 0 Å². The Morgan fingerprint density at radius 3 is 2.47 bits per heavy atom. The lowest BCUT2D eigenvalue weighted by atomic mass is 10.0. The summed E-state index contributed by atoms with van der Waals surface area (Å²) < 4.78 is 0. The number of nitrogens with zero attached hydrogens (tertiary/aromatic N) is 2. The molecule has 0 aliphatic heterocycles. The van der Waals surface area contributed by atoms with Gasteiger partial charge in [-0.15, -0.1) is 0 Å². The van der Waals surface area contributed by atoms with Crippen LogP contribution in [-0.4, -0.2) is 9.97 Å². The normalized spacial score (nSPS) is 12.4. The Bertz CT molecular complexity index is 422. The van der Waals surface area contributed by atoms with Crippen molar-refractivity contribution >= 4 is 0 Å². The second kappa shape index (κ2) is 4.19. The molecule has 0 bridgehead atoms. The highest BCUT2D eigenvalue weighted by molar-refractivity contribution is 5.28. The van der Waals surface area contributed by atoms with Gasteiger partial charge in [-0.1, -0.05) is 29.8 Å². The molecule has 2 rings (SSSR count). The van der Waals surface area contributed by atoms with Crippen molar-refractivity contribution < 1.29 is 0 Å². The van der Waals surface area contributed by atoms with Crippen molar-refractivity contribution in [2.24, 2.45) is 5.73 Å². The lowest BCUT2D eigenvalue weighted by Crippen LogP contribution is -2.13. The van der Waals surface area contributed by atoms with Crippen LogP contribution in [0.4, 0.5) is 0 Å². The van der Waals surface area contributed by atoms with E-state index in [1.54, 1.807) is 18.6 Å². The van der Waals surface area contributed by atoms with E-state index in [4.69, 9.17) is 5.73 Å². The van der Waals surface area contributed by atoms with Gasteiger partial charge in [-0.2, -0.15) is 0 Å². The molecule has 0 aliphatic carbocycles. The topological polar surface area (TPSA) is 51.8 Å². The average Bonchev–Trinajstić information content (AvgIpc) is 2.30. The summed E-state index contributed by atoms with van der Waals surface area (Å²) in [6, 6.07) is 7.94. The molecule has 76 valence electrons. The van der Waals surface area contributed by atoms with Crippen molar-refractivity contribution in [1.82, 2.24) is 9.97 Å². The van der Waals surface area contributed by atoms with Gasteiger partial charge >= 0.3 is 0 Å². The Balaban J connectivity index is 2.29. The van der Waals surface area contributed by atoms with Crippen LogP contribution < -0.4 is 5.73 Å². The number of hydrogen-bond donors (Lipinski definition) is 1. The summed E-state index contributed by atoms with van der Waals surface area (Å²) in [4.78, 5) is 8.20. The lowest BCUT2D eigenvalue weighted by molar-refractivity contribution is 0.817. The molecule has 1 aromatic heterocycles. The number of aromatic nitrogens is 2. The van der Waals surface area contributed by atoms with E-state index in [1.165, 1.54) is 5.56 Å². The summed E-state index contributed by atoms with van der Waals surface area (Å²) in [5, 5.41) is 0. The fraction of sp³-hybridized carbons (Fsp3) is 0.167. The van der Waals surface area contributed by atoms with Gasteiger partial charge in [0.25, 0.3) is 0 Å². The smallest absolute Gasteiger partial charge is 0.0799 e. The predicted molar refractivity (Wildman–Crippen MR) is 59.2 cm³/mol. The summed E-state index contributed by atoms with van der Waals surface area (Å²) in [6.45, 7) is 2.05. The van der Waals surface area contributed by atoms with Crippen molar-refractivity contribution in [3.8, 4) is 0 Å². The van der Waals surface area contributed by atoms with Crippen molar-refractivity contribution in [2.45, 2.75) is 13.0 Å².